The van der Waals surface area contributed by atoms with Gasteiger partial charge in [-0.15, -0.1) is 0 Å². The smallest absolute Gasteiger partial charge is 0.119 e. The van der Waals surface area contributed by atoms with Gasteiger partial charge >= 0.3 is 0 Å². The Balaban J connectivity index is 0.000000321. The number of nitriles is 1. The molecule has 3 N–H and O–H groups in total. The largest absolute Gasteiger partial charge is 0.388 e. The van der Waals surface area contributed by atoms with Crippen LogP contribution in [0.5, 0.6) is 0 Å². The lowest BCUT2D eigenvalue weighted by Crippen LogP contribution is -2.22. The third kappa shape index (κ3) is 6.70. The molecule has 0 amide bonds. The standard InChI is InChI=1S/C14H17N3.C8H11F/c1-17-14-6-5-10(9-15)7-13(14)11-3-2-4-12(16)8-11;1-4-7(3)6-8(9)5-2/h3,5-7,12,17H,2,4,8,16H2,1H3;4-6H,1H2,2-3H3/b;7-6-,8-5+. The summed E-state index contributed by atoms with van der Waals surface area (Å²) in [7, 11) is 1.90. The number of anilines is 1. The van der Waals surface area contributed by atoms with Crippen LogP contribution in [0.4, 0.5) is 10.1 Å². The highest BCUT2D eigenvalue weighted by molar-refractivity contribution is 5.78. The number of halogens is 1. The van der Waals surface area contributed by atoms with E-state index in [4.69, 9.17) is 11.0 Å². The number of benzene rings is 1. The van der Waals surface area contributed by atoms with E-state index in [0.717, 1.165) is 36.1 Å². The first-order valence-corrected chi connectivity index (χ1v) is 8.74. The van der Waals surface area contributed by atoms with Gasteiger partial charge in [-0.1, -0.05) is 24.8 Å². The Bertz CT molecular complexity index is 751. The Kier molecular flexibility index (Phi) is 9.11. The van der Waals surface area contributed by atoms with E-state index in [1.54, 1.807) is 19.9 Å². The van der Waals surface area contributed by atoms with Crippen molar-refractivity contribution in [1.82, 2.24) is 0 Å². The van der Waals surface area contributed by atoms with Gasteiger partial charge in [-0.05, 0) is 68.5 Å². The molecule has 3 nitrogen and oxygen atoms in total. The normalized spacial score (nSPS) is 17.4. The van der Waals surface area contributed by atoms with Gasteiger partial charge in [0.1, 0.15) is 5.83 Å². The van der Waals surface area contributed by atoms with Crippen LogP contribution >= 0.6 is 0 Å². The summed E-state index contributed by atoms with van der Waals surface area (Å²) >= 11 is 0. The van der Waals surface area contributed by atoms with Gasteiger partial charge in [0.25, 0.3) is 0 Å². The first-order chi connectivity index (χ1) is 12.4. The van der Waals surface area contributed by atoms with Gasteiger partial charge < -0.3 is 11.1 Å². The number of hydrogen-bond donors (Lipinski definition) is 2. The van der Waals surface area contributed by atoms with Crippen molar-refractivity contribution in [3.8, 4) is 6.07 Å². The summed E-state index contributed by atoms with van der Waals surface area (Å²) in [6, 6.07) is 8.15. The monoisotopic (exact) mass is 353 g/mol. The van der Waals surface area contributed by atoms with Gasteiger partial charge in [-0.3, -0.25) is 0 Å². The molecule has 0 saturated heterocycles. The lowest BCUT2D eigenvalue weighted by atomic mass is 9.89. The van der Waals surface area contributed by atoms with E-state index >= 15 is 0 Å². The summed E-state index contributed by atoms with van der Waals surface area (Å²) in [6.45, 7) is 6.94. The average molecular weight is 353 g/mol. The Morgan fingerprint density at radius 1 is 1.46 bits per heavy atom. The summed E-state index contributed by atoms with van der Waals surface area (Å²) in [6.07, 6.45) is 9.67. The second-order valence-electron chi connectivity index (χ2n) is 6.16. The van der Waals surface area contributed by atoms with Gasteiger partial charge in [0.2, 0.25) is 0 Å². The molecule has 0 saturated carbocycles. The average Bonchev–Trinajstić information content (AvgIpc) is 2.67. The van der Waals surface area contributed by atoms with Crippen LogP contribution in [0.3, 0.4) is 0 Å². The van der Waals surface area contributed by atoms with Gasteiger partial charge in [-0.2, -0.15) is 5.26 Å². The van der Waals surface area contributed by atoms with Crippen molar-refractivity contribution in [2.45, 2.75) is 39.2 Å². The number of nitrogens with zero attached hydrogens (tertiary/aromatic N) is 1. The van der Waals surface area contributed by atoms with E-state index in [1.165, 1.54) is 17.7 Å². The van der Waals surface area contributed by atoms with Crippen LogP contribution in [0.25, 0.3) is 5.57 Å². The minimum absolute atomic E-state index is 0.215. The highest BCUT2D eigenvalue weighted by Crippen LogP contribution is 2.31. The highest BCUT2D eigenvalue weighted by atomic mass is 19.1. The zero-order valence-corrected chi connectivity index (χ0v) is 15.8. The zero-order valence-electron chi connectivity index (χ0n) is 15.8. The summed E-state index contributed by atoms with van der Waals surface area (Å²) in [4.78, 5) is 0. The molecule has 0 fully saturated rings. The van der Waals surface area contributed by atoms with Crippen molar-refractivity contribution in [2.24, 2.45) is 5.73 Å². The molecular formula is C22H28FN3. The van der Waals surface area contributed by atoms with Crippen LogP contribution in [0.15, 0.2) is 60.5 Å². The quantitative estimate of drug-likeness (QED) is 0.704. The molecule has 0 aliphatic heterocycles. The number of hydrogen-bond acceptors (Lipinski definition) is 3. The molecule has 138 valence electrons. The molecule has 0 radical (unpaired) electrons. The van der Waals surface area contributed by atoms with Gasteiger partial charge in [0.05, 0.1) is 11.6 Å². The molecule has 1 aromatic carbocycles. The molecule has 26 heavy (non-hydrogen) atoms. The maximum atomic E-state index is 12.3. The maximum Gasteiger partial charge on any atom is 0.119 e. The van der Waals surface area contributed by atoms with Crippen LogP contribution in [-0.4, -0.2) is 13.1 Å². The van der Waals surface area contributed by atoms with Crippen LogP contribution < -0.4 is 11.1 Å². The Morgan fingerprint density at radius 3 is 2.73 bits per heavy atom. The third-order valence-corrected chi connectivity index (χ3v) is 4.14. The van der Waals surface area contributed by atoms with E-state index in [2.05, 4.69) is 24.0 Å². The van der Waals surface area contributed by atoms with Crippen LogP contribution in [0.1, 0.15) is 44.2 Å². The number of nitrogens with two attached hydrogens (primary N) is 1. The van der Waals surface area contributed by atoms with Crippen molar-refractivity contribution in [1.29, 1.82) is 5.26 Å². The van der Waals surface area contributed by atoms with E-state index in [9.17, 15) is 4.39 Å². The molecule has 0 bridgehead atoms. The molecule has 1 atom stereocenters. The van der Waals surface area contributed by atoms with Crippen molar-refractivity contribution in [3.05, 3.63) is 71.6 Å². The van der Waals surface area contributed by atoms with Crippen molar-refractivity contribution in [2.75, 3.05) is 12.4 Å². The molecule has 1 aliphatic carbocycles. The number of rotatable bonds is 4. The maximum absolute atomic E-state index is 12.3. The van der Waals surface area contributed by atoms with E-state index in [-0.39, 0.29) is 11.9 Å². The topological polar surface area (TPSA) is 61.8 Å². The van der Waals surface area contributed by atoms with Crippen LogP contribution in [0.2, 0.25) is 0 Å². The fourth-order valence-electron chi connectivity index (χ4n) is 2.62. The number of nitrogens with one attached hydrogen (secondary N) is 1. The fraction of sp³-hybridized carbons (Fsp3) is 0.318. The summed E-state index contributed by atoms with van der Waals surface area (Å²) < 4.78 is 12.3. The lowest BCUT2D eigenvalue weighted by molar-refractivity contribution is 0.616. The SMILES string of the molecule is C=C/C(C)=C\C(F)=C/C.CNc1ccc(C#N)cc1C1=CCCC(N)C1. The minimum Gasteiger partial charge on any atom is -0.388 e. The predicted octanol–water partition coefficient (Wildman–Crippen LogP) is 5.49. The van der Waals surface area contributed by atoms with Crippen molar-refractivity contribution >= 4 is 11.3 Å². The molecule has 1 aliphatic rings. The summed E-state index contributed by atoms with van der Waals surface area (Å²) in [5.74, 6) is -0.215. The van der Waals surface area contributed by atoms with E-state index in [0.29, 0.717) is 5.56 Å². The van der Waals surface area contributed by atoms with E-state index in [1.807, 2.05) is 25.2 Å². The Labute approximate surface area is 156 Å². The first-order valence-electron chi connectivity index (χ1n) is 8.74. The molecule has 0 aromatic heterocycles. The zero-order chi connectivity index (χ0) is 19.5. The van der Waals surface area contributed by atoms with Crippen molar-refractivity contribution < 1.29 is 4.39 Å². The Morgan fingerprint density at radius 2 is 2.19 bits per heavy atom. The molecule has 1 unspecified atom stereocenters. The molecule has 4 heteroatoms. The second-order valence-corrected chi connectivity index (χ2v) is 6.16. The van der Waals surface area contributed by atoms with Gasteiger partial charge in [0.15, 0.2) is 0 Å². The fourth-order valence-corrected chi connectivity index (χ4v) is 2.62. The second kappa shape index (κ2) is 11.1. The van der Waals surface area contributed by atoms with Gasteiger partial charge in [-0.25, -0.2) is 4.39 Å². The predicted molar refractivity (Wildman–Crippen MR) is 109 cm³/mol. The summed E-state index contributed by atoms with van der Waals surface area (Å²) in [5.41, 5.74) is 11.0. The van der Waals surface area contributed by atoms with Crippen molar-refractivity contribution in [3.63, 3.8) is 0 Å². The first kappa shape index (κ1) is 21.4. The van der Waals surface area contributed by atoms with Gasteiger partial charge in [0, 0.05) is 24.3 Å². The molecule has 2 rings (SSSR count). The minimum atomic E-state index is -0.215. The van der Waals surface area contributed by atoms with Crippen LogP contribution in [-0.2, 0) is 0 Å². The molecule has 1 aromatic rings. The molecular weight excluding hydrogens is 325 g/mol. The summed E-state index contributed by atoms with van der Waals surface area (Å²) in [5, 5.41) is 12.1. The molecule has 0 heterocycles. The third-order valence-electron chi connectivity index (χ3n) is 4.14. The molecule has 0 spiro atoms. The van der Waals surface area contributed by atoms with E-state index < -0.39 is 0 Å². The lowest BCUT2D eigenvalue weighted by Gasteiger charge is -2.21. The number of allylic oxidation sites excluding steroid dienone is 6. The Hall–Kier alpha value is -2.64. The van der Waals surface area contributed by atoms with Crippen LogP contribution in [0, 0.1) is 11.3 Å². The highest BCUT2D eigenvalue weighted by Gasteiger charge is 2.15.